The average Bonchev–Trinajstić information content (AvgIpc) is 2.41. The highest BCUT2D eigenvalue weighted by atomic mass is 127. The van der Waals surface area contributed by atoms with E-state index in [4.69, 9.17) is 4.74 Å². The topological polar surface area (TPSA) is 41.5 Å². The lowest BCUT2D eigenvalue weighted by Crippen LogP contribution is -2.02. The summed E-state index contributed by atoms with van der Waals surface area (Å²) in [5, 5.41) is 13.0. The summed E-state index contributed by atoms with van der Waals surface area (Å²) in [5.74, 6) is 0.228. The van der Waals surface area contributed by atoms with Gasteiger partial charge < -0.3 is 15.2 Å². The molecule has 2 aromatic rings. The van der Waals surface area contributed by atoms with Crippen LogP contribution >= 0.6 is 38.5 Å². The van der Waals surface area contributed by atoms with E-state index in [1.165, 1.54) is 19.2 Å². The average molecular weight is 452 g/mol. The zero-order chi connectivity index (χ0) is 14.7. The van der Waals surface area contributed by atoms with Crippen molar-refractivity contribution in [3.05, 3.63) is 49.8 Å². The van der Waals surface area contributed by atoms with Crippen LogP contribution < -0.4 is 10.1 Å². The maximum Gasteiger partial charge on any atom is 0.172 e. The second kappa shape index (κ2) is 6.62. The lowest BCUT2D eigenvalue weighted by atomic mass is 10.2. The van der Waals surface area contributed by atoms with Crippen LogP contribution in [0.2, 0.25) is 0 Å². The summed E-state index contributed by atoms with van der Waals surface area (Å²) in [4.78, 5) is 0. The first-order valence-corrected chi connectivity index (χ1v) is 7.62. The van der Waals surface area contributed by atoms with Crippen molar-refractivity contribution in [2.24, 2.45) is 0 Å². The van der Waals surface area contributed by atoms with Crippen molar-refractivity contribution < 1.29 is 14.2 Å². The van der Waals surface area contributed by atoms with Gasteiger partial charge in [-0.15, -0.1) is 0 Å². The molecule has 2 aromatic carbocycles. The van der Waals surface area contributed by atoms with E-state index in [1.54, 1.807) is 18.2 Å². The molecule has 0 aromatic heterocycles. The molecule has 106 valence electrons. The van der Waals surface area contributed by atoms with Gasteiger partial charge >= 0.3 is 0 Å². The second-order valence-electron chi connectivity index (χ2n) is 4.11. The molecule has 0 saturated carbocycles. The minimum Gasteiger partial charge on any atom is -0.503 e. The number of ether oxygens (including phenoxy) is 1. The Morgan fingerprint density at radius 2 is 2.10 bits per heavy atom. The Morgan fingerprint density at radius 1 is 1.35 bits per heavy atom. The van der Waals surface area contributed by atoms with Gasteiger partial charge in [0.2, 0.25) is 0 Å². The summed E-state index contributed by atoms with van der Waals surface area (Å²) in [5.41, 5.74) is 1.79. The maximum absolute atomic E-state index is 13.0. The molecule has 0 spiro atoms. The number of nitrogens with one attached hydrogen (secondary N) is 1. The number of hydrogen-bond donors (Lipinski definition) is 2. The number of aromatic hydroxyl groups is 1. The molecule has 2 rings (SSSR count). The predicted molar refractivity (Wildman–Crippen MR) is 88.8 cm³/mol. The Bertz CT molecular complexity index is 637. The summed E-state index contributed by atoms with van der Waals surface area (Å²) >= 11 is 5.36. The van der Waals surface area contributed by atoms with Crippen LogP contribution in [0.25, 0.3) is 0 Å². The van der Waals surface area contributed by atoms with Gasteiger partial charge in [0.05, 0.1) is 11.6 Å². The first kappa shape index (κ1) is 15.4. The molecule has 0 amide bonds. The third-order valence-electron chi connectivity index (χ3n) is 2.72. The van der Waals surface area contributed by atoms with E-state index in [9.17, 15) is 9.50 Å². The molecule has 2 N–H and O–H groups in total. The second-order valence-corrected chi connectivity index (χ2v) is 6.12. The summed E-state index contributed by atoms with van der Waals surface area (Å²) in [6.45, 7) is 0.539. The zero-order valence-electron chi connectivity index (χ0n) is 10.6. The quantitative estimate of drug-likeness (QED) is 0.671. The van der Waals surface area contributed by atoms with Crippen LogP contribution in [0.5, 0.6) is 11.5 Å². The molecular weight excluding hydrogens is 440 g/mol. The van der Waals surface area contributed by atoms with E-state index in [1.807, 2.05) is 0 Å². The highest BCUT2D eigenvalue weighted by Crippen LogP contribution is 2.35. The number of benzene rings is 2. The van der Waals surface area contributed by atoms with Crippen molar-refractivity contribution in [2.75, 3.05) is 12.4 Å². The third-order valence-corrected chi connectivity index (χ3v) is 4.22. The molecule has 0 unspecified atom stereocenters. The van der Waals surface area contributed by atoms with Gasteiger partial charge in [-0.2, -0.15) is 0 Å². The molecule has 6 heteroatoms. The normalized spacial score (nSPS) is 10.4. The standard InChI is InChI=1S/C14H12BrFINO2/c1-20-13-5-8(4-10(15)14(13)19)7-18-12-3-2-9(16)6-11(12)17/h2-6,18-19H,7H2,1H3. The van der Waals surface area contributed by atoms with E-state index < -0.39 is 0 Å². The molecule has 0 radical (unpaired) electrons. The van der Waals surface area contributed by atoms with Gasteiger partial charge in [-0.3, -0.25) is 0 Å². The molecule has 0 saturated heterocycles. The van der Waals surface area contributed by atoms with Gasteiger partial charge in [0.1, 0.15) is 5.82 Å². The zero-order valence-corrected chi connectivity index (χ0v) is 14.3. The summed E-state index contributed by atoms with van der Waals surface area (Å²) < 4.78 is 19.5. The number of phenols is 1. The van der Waals surface area contributed by atoms with Gasteiger partial charge in [0.15, 0.2) is 11.5 Å². The summed E-state index contributed by atoms with van der Waals surface area (Å²) in [7, 11) is 1.50. The van der Waals surface area contributed by atoms with Crippen LogP contribution in [0.3, 0.4) is 0 Å². The number of anilines is 1. The van der Waals surface area contributed by atoms with Gasteiger partial charge in [0, 0.05) is 15.8 Å². The predicted octanol–water partition coefficient (Wildman–Crippen LogP) is 4.52. The highest BCUT2D eigenvalue weighted by Gasteiger charge is 2.09. The van der Waals surface area contributed by atoms with Crippen molar-refractivity contribution in [3.8, 4) is 11.5 Å². The molecule has 0 atom stereocenters. The fourth-order valence-electron chi connectivity index (χ4n) is 1.72. The minimum atomic E-state index is -0.256. The molecule has 0 heterocycles. The van der Waals surface area contributed by atoms with Crippen LogP contribution in [0.4, 0.5) is 10.1 Å². The number of phenolic OH excluding ortho intramolecular Hbond substituents is 1. The van der Waals surface area contributed by atoms with Crippen molar-refractivity contribution in [3.63, 3.8) is 0 Å². The van der Waals surface area contributed by atoms with Gasteiger partial charge in [-0.05, 0) is 74.4 Å². The smallest absolute Gasteiger partial charge is 0.172 e. The van der Waals surface area contributed by atoms with Crippen LogP contribution in [0.15, 0.2) is 34.8 Å². The Kier molecular flexibility index (Phi) is 5.09. The lowest BCUT2D eigenvalue weighted by molar-refractivity contribution is 0.371. The van der Waals surface area contributed by atoms with E-state index in [0.717, 1.165) is 14.8 Å². The molecule has 0 fully saturated rings. The van der Waals surface area contributed by atoms with E-state index >= 15 is 0 Å². The largest absolute Gasteiger partial charge is 0.503 e. The van der Waals surface area contributed by atoms with Crippen LogP contribution in [-0.4, -0.2) is 12.2 Å². The Balaban J connectivity index is 2.16. The summed E-state index contributed by atoms with van der Waals surface area (Å²) in [6.07, 6.45) is 0. The van der Waals surface area contributed by atoms with Crippen molar-refractivity contribution in [2.45, 2.75) is 6.54 Å². The fourth-order valence-corrected chi connectivity index (χ4v) is 2.87. The van der Waals surface area contributed by atoms with E-state index in [2.05, 4.69) is 43.8 Å². The number of rotatable bonds is 4. The Labute approximate surface area is 138 Å². The van der Waals surface area contributed by atoms with Crippen molar-refractivity contribution in [1.82, 2.24) is 0 Å². The van der Waals surface area contributed by atoms with Crippen LogP contribution in [-0.2, 0) is 6.54 Å². The molecule has 0 aliphatic rings. The van der Waals surface area contributed by atoms with Gasteiger partial charge in [-0.1, -0.05) is 0 Å². The number of halogens is 3. The van der Waals surface area contributed by atoms with E-state index in [-0.39, 0.29) is 11.6 Å². The Morgan fingerprint density at radius 3 is 2.75 bits per heavy atom. The minimum absolute atomic E-state index is 0.0765. The van der Waals surface area contributed by atoms with E-state index in [0.29, 0.717) is 16.8 Å². The Hall–Kier alpha value is -1.02. The monoisotopic (exact) mass is 451 g/mol. The first-order chi connectivity index (χ1) is 9.51. The number of methoxy groups -OCH3 is 1. The molecular formula is C14H12BrFINO2. The molecule has 0 aliphatic heterocycles. The molecule has 0 aliphatic carbocycles. The van der Waals surface area contributed by atoms with Gasteiger partial charge in [-0.25, -0.2) is 4.39 Å². The van der Waals surface area contributed by atoms with Crippen molar-refractivity contribution in [1.29, 1.82) is 0 Å². The summed E-state index contributed by atoms with van der Waals surface area (Å²) in [6, 6.07) is 8.14. The van der Waals surface area contributed by atoms with Gasteiger partial charge in [0.25, 0.3) is 0 Å². The molecule has 3 nitrogen and oxygen atoms in total. The first-order valence-electron chi connectivity index (χ1n) is 5.75. The van der Waals surface area contributed by atoms with Crippen LogP contribution in [0.1, 0.15) is 5.56 Å². The highest BCUT2D eigenvalue weighted by molar-refractivity contribution is 14.1. The molecule has 0 bridgehead atoms. The fraction of sp³-hybridized carbons (Fsp3) is 0.143. The maximum atomic E-state index is 13.0. The lowest BCUT2D eigenvalue weighted by Gasteiger charge is -2.11. The SMILES string of the molecule is COc1cc(CNc2ccc(F)cc2I)cc(Br)c1O. The van der Waals surface area contributed by atoms with Crippen LogP contribution in [0, 0.1) is 9.39 Å². The van der Waals surface area contributed by atoms with Crippen molar-refractivity contribution >= 4 is 44.2 Å². The molecule has 20 heavy (non-hydrogen) atoms. The number of hydrogen-bond acceptors (Lipinski definition) is 3. The third kappa shape index (κ3) is 3.54.